The van der Waals surface area contributed by atoms with Crippen LogP contribution in [0, 0.1) is 0 Å². The maximum absolute atomic E-state index is 14.4. The average molecular weight is 479 g/mol. The number of allylic oxidation sites excluding steroid dienone is 4. The Kier molecular flexibility index (Phi) is 4.12. The highest BCUT2D eigenvalue weighted by Gasteiger charge is 2.75. The molecule has 1 aromatic heterocycles. The summed E-state index contributed by atoms with van der Waals surface area (Å²) in [4.78, 5) is 11.1. The summed E-state index contributed by atoms with van der Waals surface area (Å²) in [6.07, 6.45) is 9.47. The second kappa shape index (κ2) is 6.75. The highest BCUT2D eigenvalue weighted by atomic mass is 32.3. The summed E-state index contributed by atoms with van der Waals surface area (Å²) in [5, 5.41) is 0. The molecular formula is C23H18N4O4S2. The first-order valence-corrected chi connectivity index (χ1v) is 13.3. The van der Waals surface area contributed by atoms with E-state index in [1.165, 1.54) is 46.5 Å². The number of benzene rings is 2. The lowest BCUT2D eigenvalue weighted by molar-refractivity contribution is 0.548. The van der Waals surface area contributed by atoms with E-state index in [4.69, 9.17) is 0 Å². The minimum Gasteiger partial charge on any atom is -0.276 e. The van der Waals surface area contributed by atoms with Crippen molar-refractivity contribution in [3.05, 3.63) is 90.9 Å². The van der Waals surface area contributed by atoms with Crippen molar-refractivity contribution in [1.29, 1.82) is 0 Å². The van der Waals surface area contributed by atoms with Crippen molar-refractivity contribution in [3.8, 4) is 0 Å². The molecule has 0 fully saturated rings. The first-order valence-electron chi connectivity index (χ1n) is 10.3. The fraction of sp³-hybridized carbons (Fsp3) is 0.130. The highest BCUT2D eigenvalue weighted by molar-refractivity contribution is 8.13. The number of fused-ring (bicyclic) bond motifs is 2. The summed E-state index contributed by atoms with van der Waals surface area (Å²) in [7, 11) is -9.00. The van der Waals surface area contributed by atoms with Crippen molar-refractivity contribution in [2.24, 2.45) is 0 Å². The molecule has 0 unspecified atom stereocenters. The van der Waals surface area contributed by atoms with Gasteiger partial charge in [0.25, 0.3) is 0 Å². The quantitative estimate of drug-likeness (QED) is 0.551. The molecule has 8 nitrogen and oxygen atoms in total. The number of rotatable bonds is 2. The van der Waals surface area contributed by atoms with E-state index in [1.54, 1.807) is 42.5 Å². The summed E-state index contributed by atoms with van der Waals surface area (Å²) < 4.78 is 54.9. The predicted octanol–water partition coefficient (Wildman–Crippen LogP) is 3.54. The van der Waals surface area contributed by atoms with Gasteiger partial charge in [0.2, 0.25) is 19.7 Å². The maximum Gasteiger partial charge on any atom is 0.341 e. The summed E-state index contributed by atoms with van der Waals surface area (Å²) in [6, 6.07) is 14.3. The van der Waals surface area contributed by atoms with Crippen molar-refractivity contribution < 1.29 is 16.8 Å². The lowest BCUT2D eigenvalue weighted by atomic mass is 10.1. The van der Waals surface area contributed by atoms with Crippen LogP contribution >= 0.6 is 0 Å². The van der Waals surface area contributed by atoms with Gasteiger partial charge in [0.05, 0.1) is 9.79 Å². The summed E-state index contributed by atoms with van der Waals surface area (Å²) in [5.74, 6) is 0.349. The molecule has 0 atom stereocenters. The van der Waals surface area contributed by atoms with Crippen molar-refractivity contribution in [2.45, 2.75) is 27.0 Å². The molecule has 3 heterocycles. The highest BCUT2D eigenvalue weighted by Crippen LogP contribution is 2.60. The third-order valence-electron chi connectivity index (χ3n) is 6.07. The standard InChI is InChI=1S/C23H18N4O4S2/c28-32(29)19-13-7-8-14-20(19)33(30,31)23(32)26(17-9-3-1-4-10-17)21-22(25-16-15-24-21)27(23)18-11-5-2-6-12-18/h1-5,7-11,13-16H,6,12H2. The van der Waals surface area contributed by atoms with E-state index in [9.17, 15) is 16.8 Å². The van der Waals surface area contributed by atoms with Gasteiger partial charge in [0.15, 0.2) is 11.6 Å². The molecule has 3 aromatic rings. The fourth-order valence-corrected chi connectivity index (χ4v) is 10.6. The Morgan fingerprint density at radius 2 is 1.33 bits per heavy atom. The van der Waals surface area contributed by atoms with Gasteiger partial charge in [0, 0.05) is 23.8 Å². The third-order valence-corrected chi connectivity index (χ3v) is 11.5. The van der Waals surface area contributed by atoms with E-state index >= 15 is 0 Å². The van der Waals surface area contributed by atoms with Crippen LogP contribution in [0.25, 0.3) is 0 Å². The molecule has 0 saturated carbocycles. The number of para-hydroxylation sites is 1. The van der Waals surface area contributed by atoms with Crippen molar-refractivity contribution >= 4 is 37.0 Å². The molecule has 3 aliphatic rings. The number of hydrogen-bond donors (Lipinski definition) is 0. The Bertz CT molecular complexity index is 1510. The van der Waals surface area contributed by atoms with E-state index in [1.807, 2.05) is 6.08 Å². The molecule has 0 bridgehead atoms. The van der Waals surface area contributed by atoms with Crippen LogP contribution in [-0.4, -0.2) is 31.1 Å². The Morgan fingerprint density at radius 1 is 0.758 bits per heavy atom. The summed E-state index contributed by atoms with van der Waals surface area (Å²) in [5.41, 5.74) is 0.922. The zero-order valence-electron chi connectivity index (χ0n) is 17.2. The van der Waals surface area contributed by atoms with Gasteiger partial charge >= 0.3 is 4.33 Å². The predicted molar refractivity (Wildman–Crippen MR) is 123 cm³/mol. The fourth-order valence-electron chi connectivity index (χ4n) is 4.77. The molecule has 33 heavy (non-hydrogen) atoms. The molecule has 1 aliphatic carbocycles. The smallest absolute Gasteiger partial charge is 0.276 e. The van der Waals surface area contributed by atoms with Gasteiger partial charge in [-0.25, -0.2) is 26.8 Å². The Hall–Kier alpha value is -3.50. The van der Waals surface area contributed by atoms with E-state index in [2.05, 4.69) is 9.97 Å². The van der Waals surface area contributed by atoms with Gasteiger partial charge in [-0.15, -0.1) is 0 Å². The van der Waals surface area contributed by atoms with Gasteiger partial charge < -0.3 is 0 Å². The molecular weight excluding hydrogens is 460 g/mol. The Labute approximate surface area is 191 Å². The molecule has 10 heteroatoms. The van der Waals surface area contributed by atoms with Gasteiger partial charge in [-0.1, -0.05) is 42.5 Å². The normalized spacial score (nSPS) is 21.0. The molecule has 166 valence electrons. The van der Waals surface area contributed by atoms with Crippen molar-refractivity contribution in [2.75, 3.05) is 9.80 Å². The zero-order valence-corrected chi connectivity index (χ0v) is 18.9. The molecule has 0 amide bonds. The molecule has 6 rings (SSSR count). The first kappa shape index (κ1) is 20.1. The van der Waals surface area contributed by atoms with Crippen LogP contribution in [0.3, 0.4) is 0 Å². The molecule has 0 N–H and O–H groups in total. The largest absolute Gasteiger partial charge is 0.341 e. The van der Waals surface area contributed by atoms with Gasteiger partial charge in [0.1, 0.15) is 0 Å². The minimum atomic E-state index is -4.50. The van der Waals surface area contributed by atoms with Crippen LogP contribution in [0.15, 0.2) is 101 Å². The topological polar surface area (TPSA) is 101 Å². The molecule has 0 saturated heterocycles. The van der Waals surface area contributed by atoms with E-state index < -0.39 is 24.0 Å². The zero-order chi connectivity index (χ0) is 22.8. The second-order valence-electron chi connectivity index (χ2n) is 7.84. The summed E-state index contributed by atoms with van der Waals surface area (Å²) >= 11 is 0. The van der Waals surface area contributed by atoms with Crippen LogP contribution in [0.2, 0.25) is 0 Å². The number of anilines is 3. The lowest BCUT2D eigenvalue weighted by Gasteiger charge is -2.40. The second-order valence-corrected chi connectivity index (χ2v) is 12.1. The third kappa shape index (κ3) is 2.34. The number of hydrogen-bond acceptors (Lipinski definition) is 8. The van der Waals surface area contributed by atoms with Crippen LogP contribution in [0.5, 0.6) is 0 Å². The van der Waals surface area contributed by atoms with E-state index in [0.717, 1.165) is 0 Å². The van der Waals surface area contributed by atoms with Crippen LogP contribution < -0.4 is 9.80 Å². The number of aromatic nitrogens is 2. The van der Waals surface area contributed by atoms with Crippen LogP contribution in [0.4, 0.5) is 17.3 Å². The van der Waals surface area contributed by atoms with Crippen LogP contribution in [-0.2, 0) is 19.7 Å². The molecule has 1 spiro atoms. The van der Waals surface area contributed by atoms with E-state index in [0.29, 0.717) is 24.2 Å². The first-order chi connectivity index (χ1) is 15.9. The maximum atomic E-state index is 14.4. The Balaban J connectivity index is 1.81. The monoisotopic (exact) mass is 478 g/mol. The molecule has 2 aromatic carbocycles. The molecule has 2 aliphatic heterocycles. The average Bonchev–Trinajstić information content (AvgIpc) is 3.24. The Morgan fingerprint density at radius 3 is 1.91 bits per heavy atom. The minimum absolute atomic E-state index is 0.166. The van der Waals surface area contributed by atoms with Gasteiger partial charge in [-0.3, -0.25) is 9.80 Å². The van der Waals surface area contributed by atoms with E-state index in [-0.39, 0.29) is 21.4 Å². The number of sulfone groups is 2. The number of nitrogens with zero attached hydrogens (tertiary/aromatic N) is 4. The van der Waals surface area contributed by atoms with Crippen molar-refractivity contribution in [3.63, 3.8) is 0 Å². The van der Waals surface area contributed by atoms with Gasteiger partial charge in [-0.05, 0) is 43.2 Å². The van der Waals surface area contributed by atoms with Crippen molar-refractivity contribution in [1.82, 2.24) is 9.97 Å². The lowest BCUT2D eigenvalue weighted by Crippen LogP contribution is -2.62. The molecule has 0 radical (unpaired) electrons. The SMILES string of the molecule is O=S1(=O)c2ccccc2S(=O)(=O)C12N(C1=CC=CCC1)c1nccnc1N2c1ccccc1. The van der Waals surface area contributed by atoms with Gasteiger partial charge in [-0.2, -0.15) is 0 Å². The van der Waals surface area contributed by atoms with Crippen LogP contribution in [0.1, 0.15) is 12.8 Å². The summed E-state index contributed by atoms with van der Waals surface area (Å²) in [6.45, 7) is 0.